The molecule has 0 aromatic heterocycles. The summed E-state index contributed by atoms with van der Waals surface area (Å²) in [5.74, 6) is -0.0271. The summed E-state index contributed by atoms with van der Waals surface area (Å²) in [6.07, 6.45) is 3.77. The van der Waals surface area contributed by atoms with E-state index < -0.39 is 5.54 Å². The van der Waals surface area contributed by atoms with Crippen LogP contribution in [0.4, 0.5) is 0 Å². The third kappa shape index (κ3) is 1.72. The predicted octanol–water partition coefficient (Wildman–Crippen LogP) is 1.53. The molecule has 1 saturated carbocycles. The van der Waals surface area contributed by atoms with Gasteiger partial charge in [-0.15, -0.1) is 0 Å². The lowest BCUT2D eigenvalue weighted by molar-refractivity contribution is -0.136. The second-order valence-electron chi connectivity index (χ2n) is 3.78. The summed E-state index contributed by atoms with van der Waals surface area (Å²) in [5.41, 5.74) is -0.485. The summed E-state index contributed by atoms with van der Waals surface area (Å²) < 4.78 is 0. The highest BCUT2D eigenvalue weighted by atomic mass is 16.2. The van der Waals surface area contributed by atoms with Gasteiger partial charge in [-0.05, 0) is 32.3 Å². The fourth-order valence-electron chi connectivity index (χ4n) is 1.80. The molecule has 78 valence electrons. The van der Waals surface area contributed by atoms with Gasteiger partial charge in [-0.2, -0.15) is 0 Å². The molecule has 0 aromatic rings. The van der Waals surface area contributed by atoms with Crippen molar-refractivity contribution in [1.82, 2.24) is 4.90 Å². The van der Waals surface area contributed by atoms with Crippen molar-refractivity contribution in [2.45, 2.75) is 38.6 Å². The first-order chi connectivity index (χ1) is 6.58. The molecule has 14 heavy (non-hydrogen) atoms. The van der Waals surface area contributed by atoms with Crippen LogP contribution in [0.25, 0.3) is 0 Å². The van der Waals surface area contributed by atoms with Crippen LogP contribution < -0.4 is 0 Å². The molecule has 3 heteroatoms. The highest BCUT2D eigenvalue weighted by Gasteiger charge is 2.53. The summed E-state index contributed by atoms with van der Waals surface area (Å²) in [5, 5.41) is 0. The molecule has 0 aliphatic heterocycles. The third-order valence-corrected chi connectivity index (χ3v) is 2.78. The van der Waals surface area contributed by atoms with Crippen LogP contribution in [0.5, 0.6) is 0 Å². The minimum Gasteiger partial charge on any atom is -0.326 e. The average molecular weight is 195 g/mol. The van der Waals surface area contributed by atoms with Crippen molar-refractivity contribution in [2.75, 3.05) is 6.54 Å². The Morgan fingerprint density at radius 3 is 2.36 bits per heavy atom. The zero-order valence-corrected chi connectivity index (χ0v) is 8.88. The Balaban J connectivity index is 2.82. The molecule has 3 nitrogen and oxygen atoms in total. The smallest absolute Gasteiger partial charge is 0.246 e. The van der Waals surface area contributed by atoms with E-state index in [0.717, 1.165) is 19.3 Å². The number of hydrogen-bond donors (Lipinski definition) is 0. The van der Waals surface area contributed by atoms with E-state index in [1.54, 1.807) is 11.8 Å². The highest BCUT2D eigenvalue weighted by molar-refractivity contribution is 5.97. The lowest BCUT2D eigenvalue weighted by Crippen LogP contribution is -2.46. The maximum Gasteiger partial charge on any atom is 0.246 e. The van der Waals surface area contributed by atoms with Gasteiger partial charge in [0.05, 0.1) is 0 Å². The van der Waals surface area contributed by atoms with Gasteiger partial charge in [0.15, 0.2) is 5.78 Å². The van der Waals surface area contributed by atoms with E-state index >= 15 is 0 Å². The first kappa shape index (κ1) is 11.0. The van der Waals surface area contributed by atoms with Crippen molar-refractivity contribution in [2.24, 2.45) is 0 Å². The zero-order valence-electron chi connectivity index (χ0n) is 8.88. The van der Waals surface area contributed by atoms with Gasteiger partial charge >= 0.3 is 0 Å². The van der Waals surface area contributed by atoms with Gasteiger partial charge in [-0.1, -0.05) is 13.5 Å². The van der Waals surface area contributed by atoms with Crippen LogP contribution in [-0.2, 0) is 9.59 Å². The van der Waals surface area contributed by atoms with Gasteiger partial charge in [0.1, 0.15) is 5.54 Å². The maximum atomic E-state index is 11.5. The van der Waals surface area contributed by atoms with Gasteiger partial charge < -0.3 is 4.90 Å². The van der Waals surface area contributed by atoms with Crippen LogP contribution in [0.2, 0.25) is 0 Å². The summed E-state index contributed by atoms with van der Waals surface area (Å²) in [6, 6.07) is 0. The molecular weight excluding hydrogens is 178 g/mol. The van der Waals surface area contributed by atoms with Crippen molar-refractivity contribution < 1.29 is 9.59 Å². The fourth-order valence-corrected chi connectivity index (χ4v) is 1.80. The molecule has 1 aliphatic carbocycles. The standard InChI is InChI=1S/C11H17NO2/c1-4-8-12(10(14)5-2)11(6-7-11)9(3)13/h5H,2,4,6-8H2,1,3H3. The molecule has 0 bridgehead atoms. The van der Waals surface area contributed by atoms with Crippen molar-refractivity contribution in [3.63, 3.8) is 0 Å². The number of Topliss-reactive ketones (excluding diaryl/α,β-unsaturated/α-hetero) is 1. The Bertz CT molecular complexity index is 266. The topological polar surface area (TPSA) is 37.4 Å². The van der Waals surface area contributed by atoms with Gasteiger partial charge in [-0.3, -0.25) is 9.59 Å². The van der Waals surface area contributed by atoms with Crippen LogP contribution in [-0.4, -0.2) is 28.7 Å². The minimum absolute atomic E-state index is 0.0983. The third-order valence-electron chi connectivity index (χ3n) is 2.78. The second kappa shape index (κ2) is 3.95. The van der Waals surface area contributed by atoms with Crippen LogP contribution in [0.15, 0.2) is 12.7 Å². The minimum atomic E-state index is -0.485. The van der Waals surface area contributed by atoms with Crippen molar-refractivity contribution in [1.29, 1.82) is 0 Å². The molecule has 0 spiro atoms. The van der Waals surface area contributed by atoms with Crippen LogP contribution >= 0.6 is 0 Å². The molecule has 0 atom stereocenters. The van der Waals surface area contributed by atoms with E-state index in [1.165, 1.54) is 6.08 Å². The van der Waals surface area contributed by atoms with Crippen molar-refractivity contribution >= 4 is 11.7 Å². The van der Waals surface area contributed by atoms with E-state index in [9.17, 15) is 9.59 Å². The number of carbonyl (C=O) groups excluding carboxylic acids is 2. The van der Waals surface area contributed by atoms with E-state index in [4.69, 9.17) is 0 Å². The summed E-state index contributed by atoms with van der Waals surface area (Å²) >= 11 is 0. The highest BCUT2D eigenvalue weighted by Crippen LogP contribution is 2.42. The van der Waals surface area contributed by atoms with Crippen molar-refractivity contribution in [3.05, 3.63) is 12.7 Å². The van der Waals surface area contributed by atoms with Crippen LogP contribution in [0.1, 0.15) is 33.1 Å². The Labute approximate surface area is 84.8 Å². The molecule has 0 N–H and O–H groups in total. The Morgan fingerprint density at radius 2 is 2.07 bits per heavy atom. The molecule has 0 radical (unpaired) electrons. The lowest BCUT2D eigenvalue weighted by atomic mass is 10.1. The average Bonchev–Trinajstić information content (AvgIpc) is 2.94. The molecule has 0 aromatic carbocycles. The van der Waals surface area contributed by atoms with Crippen LogP contribution in [0.3, 0.4) is 0 Å². The molecule has 1 fully saturated rings. The zero-order chi connectivity index (χ0) is 10.8. The monoisotopic (exact) mass is 195 g/mol. The number of rotatable bonds is 5. The van der Waals surface area contributed by atoms with Gasteiger partial charge in [0.25, 0.3) is 0 Å². The number of ketones is 1. The number of hydrogen-bond acceptors (Lipinski definition) is 2. The molecule has 1 rings (SSSR count). The molecule has 1 aliphatic rings. The summed E-state index contributed by atoms with van der Waals surface area (Å²) in [7, 11) is 0. The Morgan fingerprint density at radius 1 is 1.50 bits per heavy atom. The largest absolute Gasteiger partial charge is 0.326 e. The maximum absolute atomic E-state index is 11.5. The quantitative estimate of drug-likeness (QED) is 0.624. The fraction of sp³-hybridized carbons (Fsp3) is 0.636. The van der Waals surface area contributed by atoms with E-state index in [2.05, 4.69) is 6.58 Å². The number of amides is 1. The first-order valence-corrected chi connectivity index (χ1v) is 5.03. The molecule has 0 heterocycles. The second-order valence-corrected chi connectivity index (χ2v) is 3.78. The van der Waals surface area contributed by atoms with Crippen LogP contribution in [0, 0.1) is 0 Å². The molecular formula is C11H17NO2. The van der Waals surface area contributed by atoms with E-state index in [0.29, 0.717) is 6.54 Å². The van der Waals surface area contributed by atoms with Crippen molar-refractivity contribution in [3.8, 4) is 0 Å². The van der Waals surface area contributed by atoms with E-state index in [1.807, 2.05) is 6.92 Å². The lowest BCUT2D eigenvalue weighted by Gasteiger charge is -2.28. The predicted molar refractivity (Wildman–Crippen MR) is 54.8 cm³/mol. The SMILES string of the molecule is C=CC(=O)N(CCC)C1(C(C)=O)CC1. The Kier molecular flexibility index (Phi) is 3.09. The number of carbonyl (C=O) groups is 2. The van der Waals surface area contributed by atoms with Gasteiger partial charge in [0.2, 0.25) is 5.91 Å². The Hall–Kier alpha value is -1.12. The summed E-state index contributed by atoms with van der Waals surface area (Å²) in [6.45, 7) is 7.67. The summed E-state index contributed by atoms with van der Waals surface area (Å²) in [4.78, 5) is 24.7. The molecule has 1 amide bonds. The van der Waals surface area contributed by atoms with Gasteiger partial charge in [-0.25, -0.2) is 0 Å². The molecule has 0 unspecified atom stereocenters. The normalized spacial score (nSPS) is 17.3. The molecule has 0 saturated heterocycles. The van der Waals surface area contributed by atoms with E-state index in [-0.39, 0.29) is 11.7 Å². The number of nitrogens with zero attached hydrogens (tertiary/aromatic N) is 1. The first-order valence-electron chi connectivity index (χ1n) is 5.03. The van der Waals surface area contributed by atoms with Gasteiger partial charge in [0, 0.05) is 6.54 Å².